The molecule has 2 aromatic carbocycles. The number of rotatable bonds is 0. The monoisotopic (exact) mass is 304 g/mol. The maximum absolute atomic E-state index is 11.5. The van der Waals surface area contributed by atoms with Crippen molar-refractivity contribution in [3.8, 4) is 6.07 Å². The van der Waals surface area contributed by atoms with E-state index in [0.29, 0.717) is 5.39 Å². The number of pyridine rings is 1. The van der Waals surface area contributed by atoms with Gasteiger partial charge in [0, 0.05) is 17.1 Å². The molecule has 0 radical (unpaired) electrons. The van der Waals surface area contributed by atoms with E-state index in [4.69, 9.17) is 5.26 Å². The molecule has 0 aliphatic rings. The van der Waals surface area contributed by atoms with Crippen molar-refractivity contribution in [2.24, 2.45) is 0 Å². The van der Waals surface area contributed by atoms with Crippen LogP contribution in [-0.2, 0) is 0 Å². The van der Waals surface area contributed by atoms with E-state index in [2.05, 4.69) is 19.9 Å². The molecule has 0 saturated heterocycles. The van der Waals surface area contributed by atoms with E-state index in [-0.39, 0.29) is 11.0 Å². The average molecular weight is 304 g/mol. The molecule has 0 bridgehead atoms. The van der Waals surface area contributed by atoms with Crippen molar-refractivity contribution in [2.75, 3.05) is 0 Å². The lowest BCUT2D eigenvalue weighted by Gasteiger charge is -1.95. The molecule has 1 N–H and O–H groups in total. The van der Waals surface area contributed by atoms with Crippen molar-refractivity contribution in [2.45, 2.75) is 6.92 Å². The molecule has 0 unspecified atom stereocenters. The summed E-state index contributed by atoms with van der Waals surface area (Å²) in [7, 11) is 0. The van der Waals surface area contributed by atoms with E-state index < -0.39 is 0 Å². The molecular formula is C17H12N4O2. The van der Waals surface area contributed by atoms with Crippen LogP contribution >= 0.6 is 0 Å². The number of nitrogens with zero attached hydrogens (tertiary/aromatic N) is 3. The zero-order valence-electron chi connectivity index (χ0n) is 12.3. The van der Waals surface area contributed by atoms with Gasteiger partial charge >= 0.3 is 0 Å². The molecule has 2 heterocycles. The Hall–Kier alpha value is -3.46. The maximum Gasteiger partial charge on any atom is 0.207 e. The number of fused-ring (bicyclic) bond motifs is 2. The summed E-state index contributed by atoms with van der Waals surface area (Å²) < 4.78 is 4.55. The molecule has 112 valence electrons. The second-order valence-corrected chi connectivity index (χ2v) is 4.90. The van der Waals surface area contributed by atoms with Crippen LogP contribution in [0, 0.1) is 18.3 Å². The van der Waals surface area contributed by atoms with E-state index in [0.717, 1.165) is 22.1 Å². The first-order valence-corrected chi connectivity index (χ1v) is 6.89. The number of H-pyrrole nitrogens is 1. The second-order valence-electron chi connectivity index (χ2n) is 4.90. The second kappa shape index (κ2) is 6.12. The summed E-state index contributed by atoms with van der Waals surface area (Å²) in [5, 5.41) is 16.6. The third-order valence-electron chi connectivity index (χ3n) is 3.40. The Morgan fingerprint density at radius 3 is 2.74 bits per heavy atom. The van der Waals surface area contributed by atoms with Gasteiger partial charge in [0.1, 0.15) is 22.7 Å². The number of benzene rings is 2. The standard InChI is InChI=1S/C10H6N2O.C7H6N2O/c11-5-7-6-12-9-4-2-1-3-8(9)10(7)13;1-5-3-2-4-6-7(5)9-10-8-6/h1-4,6H,(H,12,13);2-4H,1H3. The van der Waals surface area contributed by atoms with Gasteiger partial charge in [-0.05, 0) is 41.0 Å². The summed E-state index contributed by atoms with van der Waals surface area (Å²) in [6, 6.07) is 14.7. The predicted molar refractivity (Wildman–Crippen MR) is 85.8 cm³/mol. The number of aromatic amines is 1. The van der Waals surface area contributed by atoms with Crippen LogP contribution in [-0.4, -0.2) is 15.3 Å². The van der Waals surface area contributed by atoms with Crippen molar-refractivity contribution in [1.29, 1.82) is 5.26 Å². The molecule has 0 saturated carbocycles. The van der Waals surface area contributed by atoms with Crippen LogP contribution in [0.5, 0.6) is 0 Å². The van der Waals surface area contributed by atoms with E-state index in [9.17, 15) is 4.79 Å². The van der Waals surface area contributed by atoms with Gasteiger partial charge in [-0.1, -0.05) is 24.3 Å². The minimum absolute atomic E-state index is 0.152. The number of nitrogens with one attached hydrogen (secondary N) is 1. The van der Waals surface area contributed by atoms with Gasteiger partial charge in [0.05, 0.1) is 0 Å². The fourth-order valence-electron chi connectivity index (χ4n) is 2.19. The Kier molecular flexibility index (Phi) is 3.85. The zero-order chi connectivity index (χ0) is 16.2. The number of nitriles is 1. The van der Waals surface area contributed by atoms with Crippen LogP contribution in [0.1, 0.15) is 11.1 Å². The highest BCUT2D eigenvalue weighted by Crippen LogP contribution is 2.12. The summed E-state index contributed by atoms with van der Waals surface area (Å²) in [6.45, 7) is 1.98. The minimum atomic E-state index is -0.211. The Balaban J connectivity index is 0.000000140. The van der Waals surface area contributed by atoms with Crippen LogP contribution in [0.25, 0.3) is 21.9 Å². The highest BCUT2D eigenvalue weighted by Gasteiger charge is 2.02. The number of aromatic nitrogens is 3. The molecule has 6 heteroatoms. The fourth-order valence-corrected chi connectivity index (χ4v) is 2.19. The smallest absolute Gasteiger partial charge is 0.207 e. The molecule has 0 fully saturated rings. The summed E-state index contributed by atoms with van der Waals surface area (Å²) in [4.78, 5) is 14.4. The molecule has 4 rings (SSSR count). The molecule has 0 atom stereocenters. The van der Waals surface area contributed by atoms with Crippen LogP contribution in [0.15, 0.2) is 58.1 Å². The number of para-hydroxylation sites is 1. The lowest BCUT2D eigenvalue weighted by molar-refractivity contribution is 0.315. The Labute approximate surface area is 130 Å². The van der Waals surface area contributed by atoms with Gasteiger partial charge in [-0.3, -0.25) is 4.79 Å². The van der Waals surface area contributed by atoms with Crippen molar-refractivity contribution in [3.05, 3.63) is 70.0 Å². The normalized spacial score (nSPS) is 10.1. The highest BCUT2D eigenvalue weighted by molar-refractivity contribution is 5.79. The highest BCUT2D eigenvalue weighted by atomic mass is 16.6. The molecule has 0 spiro atoms. The first-order chi connectivity index (χ1) is 11.2. The topological polar surface area (TPSA) is 95.6 Å². The van der Waals surface area contributed by atoms with Gasteiger partial charge in [-0.25, -0.2) is 4.63 Å². The van der Waals surface area contributed by atoms with Gasteiger partial charge in [0.2, 0.25) is 5.43 Å². The zero-order valence-corrected chi connectivity index (χ0v) is 12.3. The van der Waals surface area contributed by atoms with Crippen molar-refractivity contribution in [3.63, 3.8) is 0 Å². The summed E-state index contributed by atoms with van der Waals surface area (Å²) in [5.41, 5.74) is 3.46. The van der Waals surface area contributed by atoms with E-state index in [1.165, 1.54) is 6.20 Å². The number of hydrogen-bond donors (Lipinski definition) is 1. The van der Waals surface area contributed by atoms with Gasteiger partial charge in [-0.2, -0.15) is 5.26 Å². The lowest BCUT2D eigenvalue weighted by atomic mass is 10.1. The van der Waals surface area contributed by atoms with Gasteiger partial charge < -0.3 is 4.98 Å². The predicted octanol–water partition coefficient (Wildman–Crippen LogP) is 2.93. The average Bonchev–Trinajstić information content (AvgIpc) is 3.06. The van der Waals surface area contributed by atoms with Gasteiger partial charge in [0.15, 0.2) is 0 Å². The van der Waals surface area contributed by atoms with Crippen LogP contribution < -0.4 is 5.43 Å². The van der Waals surface area contributed by atoms with Gasteiger partial charge in [-0.15, -0.1) is 0 Å². The third-order valence-corrected chi connectivity index (χ3v) is 3.40. The first kappa shape index (κ1) is 14.5. The largest absolute Gasteiger partial charge is 0.360 e. The molecule has 6 nitrogen and oxygen atoms in total. The summed E-state index contributed by atoms with van der Waals surface area (Å²) >= 11 is 0. The molecule has 0 amide bonds. The third kappa shape index (κ3) is 2.80. The van der Waals surface area contributed by atoms with Crippen molar-refractivity contribution < 1.29 is 4.63 Å². The molecule has 0 aliphatic heterocycles. The minimum Gasteiger partial charge on any atom is -0.360 e. The van der Waals surface area contributed by atoms with Crippen LogP contribution in [0.4, 0.5) is 0 Å². The maximum atomic E-state index is 11.5. The Bertz CT molecular complexity index is 1070. The molecule has 0 aliphatic carbocycles. The molecule has 23 heavy (non-hydrogen) atoms. The Morgan fingerprint density at radius 2 is 1.96 bits per heavy atom. The first-order valence-electron chi connectivity index (χ1n) is 6.89. The molecule has 2 aromatic heterocycles. The molecule has 4 aromatic rings. The SMILES string of the molecule is Cc1cccc2nonc12.N#Cc1c[nH]c2ccccc2c1=O. The van der Waals surface area contributed by atoms with E-state index in [1.807, 2.05) is 37.3 Å². The Morgan fingerprint density at radius 1 is 1.13 bits per heavy atom. The number of hydrogen-bond acceptors (Lipinski definition) is 5. The van der Waals surface area contributed by atoms with Crippen LogP contribution in [0.2, 0.25) is 0 Å². The quantitative estimate of drug-likeness (QED) is 0.539. The van der Waals surface area contributed by atoms with Crippen molar-refractivity contribution >= 4 is 21.9 Å². The van der Waals surface area contributed by atoms with E-state index in [1.54, 1.807) is 18.2 Å². The van der Waals surface area contributed by atoms with Crippen LogP contribution in [0.3, 0.4) is 0 Å². The molecular weight excluding hydrogens is 292 g/mol. The fraction of sp³-hybridized carbons (Fsp3) is 0.0588. The summed E-state index contributed by atoms with van der Waals surface area (Å²) in [5.74, 6) is 0. The van der Waals surface area contributed by atoms with Gasteiger partial charge in [0.25, 0.3) is 0 Å². The lowest BCUT2D eigenvalue weighted by Crippen LogP contribution is -2.06. The van der Waals surface area contributed by atoms with Crippen molar-refractivity contribution in [1.82, 2.24) is 15.3 Å². The summed E-state index contributed by atoms with van der Waals surface area (Å²) in [6.07, 6.45) is 1.44. The number of aryl methyl sites for hydroxylation is 1. The van der Waals surface area contributed by atoms with E-state index >= 15 is 0 Å².